The third-order valence-electron chi connectivity index (χ3n) is 5.15. The van der Waals surface area contributed by atoms with Gasteiger partial charge in [0.25, 0.3) is 0 Å². The van der Waals surface area contributed by atoms with Crippen molar-refractivity contribution < 1.29 is 4.79 Å². The van der Waals surface area contributed by atoms with Gasteiger partial charge in [0.2, 0.25) is 11.1 Å². The normalized spacial score (nSPS) is 13.5. The van der Waals surface area contributed by atoms with E-state index >= 15 is 0 Å². The minimum atomic E-state index is -0.127. The molecule has 5 rings (SSSR count). The van der Waals surface area contributed by atoms with Gasteiger partial charge < -0.3 is 9.88 Å². The summed E-state index contributed by atoms with van der Waals surface area (Å²) in [6.45, 7) is 4.42. The molecule has 1 N–H and O–H groups in total. The first-order valence-corrected chi connectivity index (χ1v) is 12.1. The first kappa shape index (κ1) is 20.4. The van der Waals surface area contributed by atoms with E-state index in [1.54, 1.807) is 11.3 Å². The molecular formula is C21H19ClN6OS2. The monoisotopic (exact) mass is 470 g/mol. The Morgan fingerprint density at radius 3 is 3.00 bits per heavy atom. The summed E-state index contributed by atoms with van der Waals surface area (Å²) in [6.07, 6.45) is 6.23. The van der Waals surface area contributed by atoms with Crippen LogP contribution in [0.4, 0.5) is 5.13 Å². The Bertz CT molecular complexity index is 1290. The zero-order valence-corrected chi connectivity index (χ0v) is 19.0. The maximum absolute atomic E-state index is 12.4. The van der Waals surface area contributed by atoms with Gasteiger partial charge in [0.05, 0.1) is 17.0 Å². The highest BCUT2D eigenvalue weighted by atomic mass is 35.5. The van der Waals surface area contributed by atoms with Gasteiger partial charge in [0, 0.05) is 21.8 Å². The van der Waals surface area contributed by atoms with E-state index in [1.807, 2.05) is 28.8 Å². The van der Waals surface area contributed by atoms with Crippen molar-refractivity contribution in [3.63, 3.8) is 0 Å². The van der Waals surface area contributed by atoms with Crippen molar-refractivity contribution in [2.24, 2.45) is 0 Å². The number of hydrogen-bond donors (Lipinski definition) is 1. The van der Waals surface area contributed by atoms with Crippen molar-refractivity contribution >= 4 is 67.8 Å². The highest BCUT2D eigenvalue weighted by Crippen LogP contribution is 2.31. The largest absolute Gasteiger partial charge is 0.320 e. The van der Waals surface area contributed by atoms with Gasteiger partial charge in [-0.05, 0) is 43.9 Å². The lowest BCUT2D eigenvalue weighted by Gasteiger charge is -2.06. The molecule has 0 aliphatic heterocycles. The maximum Gasteiger partial charge on any atom is 0.236 e. The second kappa shape index (κ2) is 8.57. The molecule has 0 bridgehead atoms. The molecule has 1 aliphatic carbocycles. The number of nitrogens with one attached hydrogen (secondary N) is 1. The topological polar surface area (TPSA) is 85.6 Å². The highest BCUT2D eigenvalue weighted by Gasteiger charge is 2.18. The lowest BCUT2D eigenvalue weighted by molar-refractivity contribution is -0.113. The fourth-order valence-corrected chi connectivity index (χ4v) is 5.60. The minimum Gasteiger partial charge on any atom is -0.320 e. The summed E-state index contributed by atoms with van der Waals surface area (Å²) in [4.78, 5) is 23.0. The van der Waals surface area contributed by atoms with Crippen LogP contribution in [0.1, 0.15) is 23.4 Å². The number of rotatable bonds is 6. The molecule has 3 aromatic heterocycles. The number of nitrogens with zero attached hydrogens (tertiary/aromatic N) is 5. The predicted octanol–water partition coefficient (Wildman–Crippen LogP) is 4.89. The zero-order chi connectivity index (χ0) is 21.4. The Morgan fingerprint density at radius 2 is 2.16 bits per heavy atom. The summed E-state index contributed by atoms with van der Waals surface area (Å²) in [5, 5.41) is 14.1. The number of amides is 1. The Balaban J connectivity index is 1.35. The molecule has 0 saturated heterocycles. The second-order valence-corrected chi connectivity index (χ2v) is 9.72. The standard InChI is InChI=1S/C21H19ClN6OS2/c1-2-9-28-15-8-7-12(22)10-13(15)18-19(28)25-21(27-26-18)30-11-17(29)24-20-23-14-5-3-4-6-16(14)31-20/h2,7-8,10H,1,3-6,9,11H2,(H,23,24,29). The Kier molecular flexibility index (Phi) is 5.64. The van der Waals surface area contributed by atoms with Crippen LogP contribution in [-0.4, -0.2) is 36.4 Å². The third-order valence-corrected chi connectivity index (χ3v) is 7.29. The van der Waals surface area contributed by atoms with Crippen LogP contribution in [0.15, 0.2) is 36.0 Å². The van der Waals surface area contributed by atoms with Crippen LogP contribution in [0.5, 0.6) is 0 Å². The summed E-state index contributed by atoms with van der Waals surface area (Å²) in [5.41, 5.74) is 3.48. The number of thiazole rings is 1. The summed E-state index contributed by atoms with van der Waals surface area (Å²) in [7, 11) is 0. The van der Waals surface area contributed by atoms with Crippen molar-refractivity contribution in [1.82, 2.24) is 24.7 Å². The molecule has 158 valence electrons. The lowest BCUT2D eigenvalue weighted by atomic mass is 10.0. The van der Waals surface area contributed by atoms with Gasteiger partial charge in [0.15, 0.2) is 10.8 Å². The predicted molar refractivity (Wildman–Crippen MR) is 126 cm³/mol. The van der Waals surface area contributed by atoms with E-state index in [0.717, 1.165) is 29.4 Å². The zero-order valence-electron chi connectivity index (χ0n) is 16.6. The average Bonchev–Trinajstić information content (AvgIpc) is 3.31. The summed E-state index contributed by atoms with van der Waals surface area (Å²) >= 11 is 9.00. The molecule has 1 aromatic carbocycles. The van der Waals surface area contributed by atoms with Crippen LogP contribution in [0, 0.1) is 0 Å². The Morgan fingerprint density at radius 1 is 1.29 bits per heavy atom. The highest BCUT2D eigenvalue weighted by molar-refractivity contribution is 7.99. The van der Waals surface area contributed by atoms with Crippen LogP contribution in [-0.2, 0) is 24.2 Å². The molecule has 0 saturated carbocycles. The molecule has 31 heavy (non-hydrogen) atoms. The summed E-state index contributed by atoms with van der Waals surface area (Å²) in [6, 6.07) is 5.65. The molecule has 0 spiro atoms. The van der Waals surface area contributed by atoms with Crippen molar-refractivity contribution in [2.75, 3.05) is 11.1 Å². The van der Waals surface area contributed by atoms with E-state index in [0.29, 0.717) is 33.0 Å². The third kappa shape index (κ3) is 4.05. The molecule has 0 unspecified atom stereocenters. The number of benzene rings is 1. The van der Waals surface area contributed by atoms with Gasteiger partial charge in [-0.15, -0.1) is 28.1 Å². The van der Waals surface area contributed by atoms with Crippen LogP contribution in [0.2, 0.25) is 5.02 Å². The number of carbonyl (C=O) groups excluding carboxylic acids is 1. The van der Waals surface area contributed by atoms with Crippen molar-refractivity contribution in [2.45, 2.75) is 37.4 Å². The quantitative estimate of drug-likeness (QED) is 0.319. The van der Waals surface area contributed by atoms with E-state index in [-0.39, 0.29) is 11.7 Å². The number of thioether (sulfide) groups is 1. The average molecular weight is 471 g/mol. The fraction of sp³-hybridized carbons (Fsp3) is 0.286. The number of aromatic nitrogens is 5. The van der Waals surface area contributed by atoms with Crippen LogP contribution in [0.3, 0.4) is 0 Å². The first-order chi connectivity index (χ1) is 15.1. The molecule has 0 radical (unpaired) electrons. The number of allylic oxidation sites excluding steroid dienone is 1. The number of anilines is 1. The molecule has 1 amide bonds. The van der Waals surface area contributed by atoms with Gasteiger partial charge >= 0.3 is 0 Å². The number of hydrogen-bond acceptors (Lipinski definition) is 7. The van der Waals surface area contributed by atoms with Crippen LogP contribution >= 0.6 is 34.7 Å². The van der Waals surface area contributed by atoms with Crippen LogP contribution in [0.25, 0.3) is 22.1 Å². The number of carbonyl (C=O) groups is 1. The minimum absolute atomic E-state index is 0.127. The molecule has 10 heteroatoms. The van der Waals surface area contributed by atoms with E-state index in [9.17, 15) is 4.79 Å². The Labute approximate surface area is 191 Å². The molecular weight excluding hydrogens is 452 g/mol. The van der Waals surface area contributed by atoms with Crippen LogP contribution < -0.4 is 5.32 Å². The number of fused-ring (bicyclic) bond motifs is 4. The van der Waals surface area contributed by atoms with E-state index in [2.05, 4.69) is 32.1 Å². The van der Waals surface area contributed by atoms with Gasteiger partial charge in [-0.1, -0.05) is 29.4 Å². The number of halogens is 1. The summed E-state index contributed by atoms with van der Waals surface area (Å²) < 4.78 is 2.02. The van der Waals surface area contributed by atoms with E-state index in [1.165, 1.54) is 29.5 Å². The van der Waals surface area contributed by atoms with Crippen molar-refractivity contribution in [3.05, 3.63) is 46.4 Å². The van der Waals surface area contributed by atoms with Gasteiger partial charge in [0.1, 0.15) is 5.52 Å². The molecule has 7 nitrogen and oxygen atoms in total. The molecule has 4 aromatic rings. The lowest BCUT2D eigenvalue weighted by Crippen LogP contribution is -2.14. The second-order valence-electron chi connectivity index (χ2n) is 7.26. The Hall–Kier alpha value is -2.49. The van der Waals surface area contributed by atoms with Gasteiger partial charge in [-0.3, -0.25) is 4.79 Å². The molecule has 0 atom stereocenters. The molecule has 1 aliphatic rings. The van der Waals surface area contributed by atoms with E-state index in [4.69, 9.17) is 11.6 Å². The smallest absolute Gasteiger partial charge is 0.236 e. The van der Waals surface area contributed by atoms with Gasteiger partial charge in [-0.2, -0.15) is 0 Å². The maximum atomic E-state index is 12.4. The van der Waals surface area contributed by atoms with Crippen molar-refractivity contribution in [1.29, 1.82) is 0 Å². The fourth-order valence-electron chi connectivity index (χ4n) is 3.78. The SMILES string of the molecule is C=CCn1c2ccc(Cl)cc2c2nnc(SCC(=O)Nc3nc4c(s3)CCCC4)nc21. The van der Waals surface area contributed by atoms with E-state index < -0.39 is 0 Å². The molecule has 0 fully saturated rings. The first-order valence-electron chi connectivity index (χ1n) is 9.96. The summed E-state index contributed by atoms with van der Waals surface area (Å²) in [5.74, 6) is 0.0588. The van der Waals surface area contributed by atoms with Gasteiger partial charge in [-0.25, -0.2) is 9.97 Å². The number of aryl methyl sites for hydroxylation is 2. The molecule has 3 heterocycles. The van der Waals surface area contributed by atoms with Crippen molar-refractivity contribution in [3.8, 4) is 0 Å².